The molecule has 2 atom stereocenters. The highest BCUT2D eigenvalue weighted by molar-refractivity contribution is 9.10. The Bertz CT molecular complexity index is 524. The molecule has 0 aliphatic heterocycles. The number of benzene rings is 1. The van der Waals surface area contributed by atoms with Crippen molar-refractivity contribution in [2.24, 2.45) is 0 Å². The molecule has 0 saturated carbocycles. The van der Waals surface area contributed by atoms with Crippen LogP contribution in [0.1, 0.15) is 18.5 Å². The maximum Gasteiger partial charge on any atom is 0.245 e. The van der Waals surface area contributed by atoms with Gasteiger partial charge in [-0.3, -0.25) is 0 Å². The zero-order valence-electron chi connectivity index (χ0n) is 11.0. The second kappa shape index (κ2) is 7.68. The number of nitrogens with zero attached hydrogens (tertiary/aromatic N) is 2. The van der Waals surface area contributed by atoms with E-state index in [1.165, 1.54) is 6.20 Å². The van der Waals surface area contributed by atoms with Crippen LogP contribution in [0, 0.1) is 0 Å². The molecule has 0 radical (unpaired) electrons. The van der Waals surface area contributed by atoms with Gasteiger partial charge < -0.3 is 15.2 Å². The molecule has 108 valence electrons. The van der Waals surface area contributed by atoms with E-state index in [0.29, 0.717) is 12.4 Å². The van der Waals surface area contributed by atoms with Crippen molar-refractivity contribution < 1.29 is 9.84 Å². The molecule has 0 aliphatic carbocycles. The molecule has 0 bridgehead atoms. The first kappa shape index (κ1) is 15.4. The highest BCUT2D eigenvalue weighted by atomic mass is 79.9. The molecule has 2 aromatic rings. The monoisotopic (exact) mass is 357 g/mol. The molecule has 0 aliphatic rings. The van der Waals surface area contributed by atoms with Gasteiger partial charge in [0.05, 0.1) is 11.7 Å². The summed E-state index contributed by atoms with van der Waals surface area (Å²) in [4.78, 5) is 0. The maximum atomic E-state index is 9.87. The summed E-state index contributed by atoms with van der Waals surface area (Å²) >= 11 is 4.60. The first-order valence-electron chi connectivity index (χ1n) is 6.23. The first-order valence-corrected chi connectivity index (χ1v) is 7.75. The van der Waals surface area contributed by atoms with Crippen LogP contribution in [0.5, 0.6) is 5.88 Å². The van der Waals surface area contributed by atoms with Gasteiger partial charge >= 0.3 is 0 Å². The summed E-state index contributed by atoms with van der Waals surface area (Å²) in [6.45, 7) is 2.69. The van der Waals surface area contributed by atoms with Crippen LogP contribution in [-0.2, 0) is 0 Å². The van der Waals surface area contributed by atoms with E-state index < -0.39 is 6.10 Å². The van der Waals surface area contributed by atoms with Crippen LogP contribution in [0.25, 0.3) is 0 Å². The lowest BCUT2D eigenvalue weighted by atomic mass is 10.1. The van der Waals surface area contributed by atoms with E-state index in [4.69, 9.17) is 4.74 Å². The molecule has 0 fully saturated rings. The van der Waals surface area contributed by atoms with Crippen LogP contribution in [-0.4, -0.2) is 33.1 Å². The molecule has 1 heterocycles. The highest BCUT2D eigenvalue weighted by Crippen LogP contribution is 2.22. The fourth-order valence-electron chi connectivity index (χ4n) is 1.71. The Kier molecular flexibility index (Phi) is 5.90. The lowest BCUT2D eigenvalue weighted by Crippen LogP contribution is -2.33. The van der Waals surface area contributed by atoms with Crippen LogP contribution in [0.15, 0.2) is 34.9 Å². The molecule has 2 N–H and O–H groups in total. The first-order chi connectivity index (χ1) is 9.66. The summed E-state index contributed by atoms with van der Waals surface area (Å²) in [7, 11) is 0. The van der Waals surface area contributed by atoms with Crippen LogP contribution >= 0.6 is 27.7 Å². The number of aliphatic hydroxyl groups excluding tert-OH is 1. The Hall–Kier alpha value is -1.02. The molecule has 0 amide bonds. The fourth-order valence-corrected chi connectivity index (χ4v) is 2.70. The van der Waals surface area contributed by atoms with Crippen molar-refractivity contribution in [1.29, 1.82) is 0 Å². The molecule has 0 saturated heterocycles. The average molecular weight is 358 g/mol. The number of nitrogens with one attached hydrogen (secondary N) is 1. The molecule has 20 heavy (non-hydrogen) atoms. The van der Waals surface area contributed by atoms with Crippen LogP contribution in [0.2, 0.25) is 0 Å². The number of ether oxygens (including phenoxy) is 1. The van der Waals surface area contributed by atoms with Crippen LogP contribution in [0.4, 0.5) is 0 Å². The molecular weight excluding hydrogens is 342 g/mol. The van der Waals surface area contributed by atoms with E-state index in [2.05, 4.69) is 36.9 Å². The third kappa shape index (κ3) is 4.52. The summed E-state index contributed by atoms with van der Waals surface area (Å²) in [6.07, 6.45) is 0.941. The van der Waals surface area contributed by atoms with E-state index in [1.54, 1.807) is 0 Å². The van der Waals surface area contributed by atoms with Gasteiger partial charge in [0.15, 0.2) is 0 Å². The number of hydrogen-bond donors (Lipinski definition) is 2. The largest absolute Gasteiger partial charge is 0.473 e. The molecule has 2 rings (SSSR count). The predicted octanol–water partition coefficient (Wildman–Crippen LogP) is 2.39. The quantitative estimate of drug-likeness (QED) is 0.796. The molecular formula is C13H16BrN3O2S. The SMILES string of the molecule is C[C@H](NCC(O)COc1cnsn1)c1ccccc1Br. The van der Waals surface area contributed by atoms with Gasteiger partial charge in [-0.25, -0.2) is 0 Å². The standard InChI is InChI=1S/C13H16BrN3O2S/c1-9(11-4-2-3-5-12(11)14)15-6-10(18)8-19-13-7-16-20-17-13/h2-5,7,9-10,15,18H,6,8H2,1H3/t9-,10?/m0/s1. The molecule has 5 nitrogen and oxygen atoms in total. The Balaban J connectivity index is 1.75. The molecule has 7 heteroatoms. The lowest BCUT2D eigenvalue weighted by molar-refractivity contribution is 0.102. The van der Waals surface area contributed by atoms with E-state index in [9.17, 15) is 5.11 Å². The Morgan fingerprint density at radius 2 is 2.25 bits per heavy atom. The van der Waals surface area contributed by atoms with Gasteiger partial charge in [0, 0.05) is 17.1 Å². The van der Waals surface area contributed by atoms with Crippen molar-refractivity contribution in [2.45, 2.75) is 19.1 Å². The zero-order valence-corrected chi connectivity index (χ0v) is 13.4. The minimum Gasteiger partial charge on any atom is -0.473 e. The molecule has 1 aromatic carbocycles. The van der Waals surface area contributed by atoms with Crippen molar-refractivity contribution in [2.75, 3.05) is 13.2 Å². The fraction of sp³-hybridized carbons (Fsp3) is 0.385. The smallest absolute Gasteiger partial charge is 0.245 e. The van der Waals surface area contributed by atoms with Gasteiger partial charge in [-0.15, -0.1) is 4.37 Å². The average Bonchev–Trinajstić information content (AvgIpc) is 2.96. The normalized spacial score (nSPS) is 13.9. The lowest BCUT2D eigenvalue weighted by Gasteiger charge is -2.18. The van der Waals surface area contributed by atoms with E-state index in [1.807, 2.05) is 24.3 Å². The number of aliphatic hydroxyl groups is 1. The predicted molar refractivity (Wildman–Crippen MR) is 82.0 cm³/mol. The Morgan fingerprint density at radius 1 is 1.45 bits per heavy atom. The highest BCUT2D eigenvalue weighted by Gasteiger charge is 2.11. The Morgan fingerprint density at radius 3 is 2.95 bits per heavy atom. The van der Waals surface area contributed by atoms with Gasteiger partial charge in [0.25, 0.3) is 0 Å². The second-order valence-corrected chi connectivity index (χ2v) is 5.77. The summed E-state index contributed by atoms with van der Waals surface area (Å²) in [5.74, 6) is 0.452. The van der Waals surface area contributed by atoms with Crippen molar-refractivity contribution in [3.8, 4) is 5.88 Å². The Labute approximate surface area is 130 Å². The number of rotatable bonds is 7. The van der Waals surface area contributed by atoms with Gasteiger partial charge in [-0.2, -0.15) is 4.37 Å². The van der Waals surface area contributed by atoms with Crippen molar-refractivity contribution in [1.82, 2.24) is 14.1 Å². The van der Waals surface area contributed by atoms with E-state index in [-0.39, 0.29) is 12.6 Å². The summed E-state index contributed by atoms with van der Waals surface area (Å²) < 4.78 is 14.1. The van der Waals surface area contributed by atoms with Crippen LogP contribution < -0.4 is 10.1 Å². The summed E-state index contributed by atoms with van der Waals surface area (Å²) in [6, 6.07) is 8.16. The topological polar surface area (TPSA) is 67.3 Å². The third-order valence-corrected chi connectivity index (χ3v) is 3.98. The number of halogens is 1. The van der Waals surface area contributed by atoms with Crippen LogP contribution in [0.3, 0.4) is 0 Å². The molecule has 1 aromatic heterocycles. The minimum atomic E-state index is -0.596. The van der Waals surface area contributed by atoms with E-state index >= 15 is 0 Å². The van der Waals surface area contributed by atoms with Gasteiger partial charge in [-0.05, 0) is 18.6 Å². The second-order valence-electron chi connectivity index (χ2n) is 4.36. The minimum absolute atomic E-state index is 0.140. The molecule has 1 unspecified atom stereocenters. The van der Waals surface area contributed by atoms with Gasteiger partial charge in [0.2, 0.25) is 5.88 Å². The number of aromatic nitrogens is 2. The summed E-state index contributed by atoms with van der Waals surface area (Å²) in [5, 5.41) is 13.1. The zero-order chi connectivity index (χ0) is 14.4. The van der Waals surface area contributed by atoms with Crippen molar-refractivity contribution >= 4 is 27.7 Å². The maximum absolute atomic E-state index is 9.87. The van der Waals surface area contributed by atoms with Gasteiger partial charge in [-0.1, -0.05) is 34.1 Å². The van der Waals surface area contributed by atoms with Crippen molar-refractivity contribution in [3.63, 3.8) is 0 Å². The van der Waals surface area contributed by atoms with Gasteiger partial charge in [0.1, 0.15) is 18.9 Å². The van der Waals surface area contributed by atoms with Crippen molar-refractivity contribution in [3.05, 3.63) is 40.5 Å². The molecule has 0 spiro atoms. The van der Waals surface area contributed by atoms with E-state index in [0.717, 1.165) is 21.8 Å². The third-order valence-electron chi connectivity index (χ3n) is 2.80. The summed E-state index contributed by atoms with van der Waals surface area (Å²) in [5.41, 5.74) is 1.16. The number of hydrogen-bond acceptors (Lipinski definition) is 6.